The molecule has 4 nitrogen and oxygen atoms in total. The van der Waals surface area contributed by atoms with E-state index in [-0.39, 0.29) is 11.6 Å². The molecule has 0 aliphatic carbocycles. The van der Waals surface area contributed by atoms with Crippen LogP contribution in [0.15, 0.2) is 24.3 Å². The van der Waals surface area contributed by atoms with Crippen LogP contribution in [0.25, 0.3) is 0 Å². The van der Waals surface area contributed by atoms with Gasteiger partial charge in [0.05, 0.1) is 5.41 Å². The van der Waals surface area contributed by atoms with E-state index in [9.17, 15) is 14.4 Å². The van der Waals surface area contributed by atoms with Gasteiger partial charge in [-0.1, -0.05) is 31.2 Å². The van der Waals surface area contributed by atoms with E-state index < -0.39 is 22.9 Å². The maximum absolute atomic E-state index is 12.7. The highest BCUT2D eigenvalue weighted by Gasteiger charge is 2.57. The number of ketones is 2. The summed E-state index contributed by atoms with van der Waals surface area (Å²) in [5.74, 6) is -1.23. The molecule has 1 aromatic carbocycles. The van der Waals surface area contributed by atoms with E-state index in [2.05, 4.69) is 0 Å². The standard InChI is InChI=1S/C18H22O4/c1-6-11-7-9-12(10-8-11)13(19)14-17(2,3)15(20)18(4,5)16(21)22-14/h7-10,14H,6H2,1-5H3. The van der Waals surface area contributed by atoms with Crippen LogP contribution >= 0.6 is 0 Å². The molecule has 0 N–H and O–H groups in total. The van der Waals surface area contributed by atoms with Crippen molar-refractivity contribution in [1.82, 2.24) is 0 Å². The zero-order chi connectivity index (χ0) is 16.7. The summed E-state index contributed by atoms with van der Waals surface area (Å²) in [6.45, 7) is 8.43. The monoisotopic (exact) mass is 302 g/mol. The van der Waals surface area contributed by atoms with Crippen molar-refractivity contribution in [3.63, 3.8) is 0 Å². The molecule has 0 saturated carbocycles. The van der Waals surface area contributed by atoms with Gasteiger partial charge >= 0.3 is 5.97 Å². The largest absolute Gasteiger partial charge is 0.452 e. The van der Waals surface area contributed by atoms with Crippen LogP contribution in [0.3, 0.4) is 0 Å². The lowest BCUT2D eigenvalue weighted by Crippen LogP contribution is -2.58. The molecular formula is C18H22O4. The van der Waals surface area contributed by atoms with E-state index in [4.69, 9.17) is 4.74 Å². The number of hydrogen-bond acceptors (Lipinski definition) is 4. The second-order valence-corrected chi connectivity index (χ2v) is 6.88. The molecule has 2 rings (SSSR count). The topological polar surface area (TPSA) is 60.4 Å². The molecule has 1 aliphatic rings. The van der Waals surface area contributed by atoms with Crippen molar-refractivity contribution in [1.29, 1.82) is 0 Å². The molecule has 0 aromatic heterocycles. The SMILES string of the molecule is CCc1ccc(C(=O)C2OC(=O)C(C)(C)C(=O)C2(C)C)cc1. The number of carbonyl (C=O) groups excluding carboxylic acids is 3. The van der Waals surface area contributed by atoms with Crippen molar-refractivity contribution in [2.75, 3.05) is 0 Å². The zero-order valence-electron chi connectivity index (χ0n) is 13.7. The van der Waals surface area contributed by atoms with E-state index in [0.717, 1.165) is 12.0 Å². The van der Waals surface area contributed by atoms with E-state index in [0.29, 0.717) is 5.56 Å². The molecule has 1 atom stereocenters. The van der Waals surface area contributed by atoms with Gasteiger partial charge in [0.2, 0.25) is 5.78 Å². The Morgan fingerprint density at radius 2 is 1.64 bits per heavy atom. The number of benzene rings is 1. The number of ether oxygens (including phenoxy) is 1. The molecular weight excluding hydrogens is 280 g/mol. The average Bonchev–Trinajstić information content (AvgIpc) is 2.49. The minimum Gasteiger partial charge on any atom is -0.452 e. The quantitative estimate of drug-likeness (QED) is 0.489. The van der Waals surface area contributed by atoms with Crippen molar-refractivity contribution < 1.29 is 19.1 Å². The molecule has 1 aliphatic heterocycles. The van der Waals surface area contributed by atoms with Crippen LogP contribution in [-0.2, 0) is 20.7 Å². The summed E-state index contributed by atoms with van der Waals surface area (Å²) in [7, 11) is 0. The predicted octanol–water partition coefficient (Wildman–Crippen LogP) is 2.98. The summed E-state index contributed by atoms with van der Waals surface area (Å²) in [4.78, 5) is 37.3. The number of aryl methyl sites for hydroxylation is 1. The Morgan fingerprint density at radius 3 is 2.14 bits per heavy atom. The van der Waals surface area contributed by atoms with E-state index in [1.54, 1.807) is 26.0 Å². The van der Waals surface area contributed by atoms with Crippen molar-refractivity contribution in [2.45, 2.75) is 47.1 Å². The van der Waals surface area contributed by atoms with Gasteiger partial charge in [0, 0.05) is 5.56 Å². The Kier molecular flexibility index (Phi) is 3.98. The Morgan fingerprint density at radius 1 is 1.09 bits per heavy atom. The van der Waals surface area contributed by atoms with Gasteiger partial charge in [-0.05, 0) is 39.7 Å². The fourth-order valence-electron chi connectivity index (χ4n) is 2.86. The van der Waals surface area contributed by atoms with Crippen LogP contribution in [0.2, 0.25) is 0 Å². The summed E-state index contributed by atoms with van der Waals surface area (Å²) >= 11 is 0. The van der Waals surface area contributed by atoms with Crippen LogP contribution in [0.5, 0.6) is 0 Å². The molecule has 4 heteroatoms. The maximum atomic E-state index is 12.7. The summed E-state index contributed by atoms with van der Waals surface area (Å²) in [6, 6.07) is 7.18. The van der Waals surface area contributed by atoms with E-state index >= 15 is 0 Å². The summed E-state index contributed by atoms with van der Waals surface area (Å²) < 4.78 is 5.35. The Balaban J connectivity index is 2.36. The number of rotatable bonds is 3. The number of Topliss-reactive ketones (excluding diaryl/α,β-unsaturated/α-hetero) is 2. The number of cyclic esters (lactones) is 1. The first kappa shape index (κ1) is 16.4. The molecule has 0 amide bonds. The van der Waals surface area contributed by atoms with Crippen molar-refractivity contribution in [2.24, 2.45) is 10.8 Å². The first-order chi connectivity index (χ1) is 10.1. The average molecular weight is 302 g/mol. The van der Waals surface area contributed by atoms with Crippen LogP contribution in [0.4, 0.5) is 0 Å². The highest BCUT2D eigenvalue weighted by Crippen LogP contribution is 2.41. The van der Waals surface area contributed by atoms with E-state index in [1.165, 1.54) is 13.8 Å². The third-order valence-electron chi connectivity index (χ3n) is 4.43. The van der Waals surface area contributed by atoms with Gasteiger partial charge in [0.25, 0.3) is 0 Å². The van der Waals surface area contributed by atoms with Crippen LogP contribution in [0, 0.1) is 10.8 Å². The third kappa shape index (κ3) is 2.47. The highest BCUT2D eigenvalue weighted by atomic mass is 16.6. The zero-order valence-corrected chi connectivity index (χ0v) is 13.7. The molecule has 1 unspecified atom stereocenters. The number of hydrogen-bond donors (Lipinski definition) is 0. The fraction of sp³-hybridized carbons (Fsp3) is 0.500. The molecule has 118 valence electrons. The highest BCUT2D eigenvalue weighted by molar-refractivity contribution is 6.13. The van der Waals surface area contributed by atoms with Gasteiger partial charge in [-0.2, -0.15) is 0 Å². The normalized spacial score (nSPS) is 23.0. The summed E-state index contributed by atoms with van der Waals surface area (Å²) in [6.07, 6.45) is -0.196. The third-order valence-corrected chi connectivity index (χ3v) is 4.43. The van der Waals surface area contributed by atoms with Crippen molar-refractivity contribution in [3.05, 3.63) is 35.4 Å². The Bertz CT molecular complexity index is 623. The molecule has 1 heterocycles. The molecule has 1 aromatic rings. The lowest BCUT2D eigenvalue weighted by molar-refractivity contribution is -0.181. The minimum absolute atomic E-state index is 0.264. The molecule has 1 fully saturated rings. The van der Waals surface area contributed by atoms with Gasteiger partial charge in [-0.25, -0.2) is 0 Å². The molecule has 22 heavy (non-hydrogen) atoms. The van der Waals surface area contributed by atoms with Crippen molar-refractivity contribution >= 4 is 17.5 Å². The second-order valence-electron chi connectivity index (χ2n) is 6.88. The fourth-order valence-corrected chi connectivity index (χ4v) is 2.86. The van der Waals surface area contributed by atoms with Crippen LogP contribution < -0.4 is 0 Å². The number of carbonyl (C=O) groups is 3. The minimum atomic E-state index is -1.22. The van der Waals surface area contributed by atoms with Crippen LogP contribution in [0.1, 0.15) is 50.5 Å². The van der Waals surface area contributed by atoms with Gasteiger partial charge in [-0.15, -0.1) is 0 Å². The summed E-state index contributed by atoms with van der Waals surface area (Å²) in [5, 5.41) is 0. The predicted molar refractivity (Wildman–Crippen MR) is 82.6 cm³/mol. The maximum Gasteiger partial charge on any atom is 0.319 e. The lowest BCUT2D eigenvalue weighted by Gasteiger charge is -2.42. The Hall–Kier alpha value is -1.97. The second kappa shape index (κ2) is 5.34. The molecule has 0 spiro atoms. The Labute approximate surface area is 130 Å². The number of esters is 1. The first-order valence-electron chi connectivity index (χ1n) is 7.51. The van der Waals surface area contributed by atoms with E-state index in [1.807, 2.05) is 19.1 Å². The molecule has 0 bridgehead atoms. The first-order valence-corrected chi connectivity index (χ1v) is 7.51. The van der Waals surface area contributed by atoms with Gasteiger partial charge in [-0.3, -0.25) is 14.4 Å². The van der Waals surface area contributed by atoms with Gasteiger partial charge in [0.1, 0.15) is 5.41 Å². The van der Waals surface area contributed by atoms with Crippen molar-refractivity contribution in [3.8, 4) is 0 Å². The smallest absolute Gasteiger partial charge is 0.319 e. The lowest BCUT2D eigenvalue weighted by atomic mass is 9.67. The van der Waals surface area contributed by atoms with Gasteiger partial charge < -0.3 is 4.74 Å². The van der Waals surface area contributed by atoms with Gasteiger partial charge in [0.15, 0.2) is 11.9 Å². The molecule has 1 saturated heterocycles. The van der Waals surface area contributed by atoms with Crippen LogP contribution in [-0.4, -0.2) is 23.6 Å². The summed E-state index contributed by atoms with van der Waals surface area (Å²) in [5.41, 5.74) is -0.686. The molecule has 0 radical (unpaired) electrons.